The number of hydrogen-bond acceptors (Lipinski definition) is 3. The summed E-state index contributed by atoms with van der Waals surface area (Å²) in [5.74, 6) is 0.0825. The smallest absolute Gasteiger partial charge is 0.242 e. The molecule has 1 atom stereocenters. The highest BCUT2D eigenvalue weighted by atomic mass is 35.5. The molecule has 156 valence electrons. The Morgan fingerprint density at radius 3 is 2.38 bits per heavy atom. The molecular weight excluding hydrogens is 404 g/mol. The lowest BCUT2D eigenvalue weighted by Crippen LogP contribution is -2.48. The SMILES string of the molecule is CCCCNC(=O)[C@H](C)N(Cc1ccc(C)cc1)C(=O)CSc1ccc(Cl)cc1. The van der Waals surface area contributed by atoms with Gasteiger partial charge in [0, 0.05) is 23.0 Å². The van der Waals surface area contributed by atoms with Gasteiger partial charge in [-0.05, 0) is 50.1 Å². The normalized spacial score (nSPS) is 11.7. The van der Waals surface area contributed by atoms with E-state index in [2.05, 4.69) is 12.2 Å². The van der Waals surface area contributed by atoms with Crippen molar-refractivity contribution in [1.29, 1.82) is 0 Å². The van der Waals surface area contributed by atoms with Crippen molar-refractivity contribution in [3.05, 3.63) is 64.7 Å². The molecule has 0 saturated carbocycles. The second-order valence-electron chi connectivity index (χ2n) is 7.07. The maximum Gasteiger partial charge on any atom is 0.242 e. The topological polar surface area (TPSA) is 49.4 Å². The molecule has 0 heterocycles. The zero-order valence-electron chi connectivity index (χ0n) is 17.3. The fourth-order valence-corrected chi connectivity index (χ4v) is 3.68. The van der Waals surface area contributed by atoms with Crippen molar-refractivity contribution in [1.82, 2.24) is 10.2 Å². The summed E-state index contributed by atoms with van der Waals surface area (Å²) in [4.78, 5) is 28.3. The van der Waals surface area contributed by atoms with Crippen LogP contribution in [-0.2, 0) is 16.1 Å². The number of carbonyl (C=O) groups excluding carboxylic acids is 2. The van der Waals surface area contributed by atoms with Crippen molar-refractivity contribution in [3.63, 3.8) is 0 Å². The lowest BCUT2D eigenvalue weighted by molar-refractivity contribution is -0.138. The van der Waals surface area contributed by atoms with Gasteiger partial charge in [-0.25, -0.2) is 0 Å². The van der Waals surface area contributed by atoms with Gasteiger partial charge in [-0.1, -0.05) is 54.8 Å². The van der Waals surface area contributed by atoms with Gasteiger partial charge >= 0.3 is 0 Å². The van der Waals surface area contributed by atoms with E-state index in [9.17, 15) is 9.59 Å². The summed E-state index contributed by atoms with van der Waals surface area (Å²) < 4.78 is 0. The summed E-state index contributed by atoms with van der Waals surface area (Å²) in [6, 6.07) is 14.9. The zero-order valence-corrected chi connectivity index (χ0v) is 18.9. The second-order valence-corrected chi connectivity index (χ2v) is 8.56. The molecule has 0 aromatic heterocycles. The van der Waals surface area contributed by atoms with E-state index in [1.807, 2.05) is 55.5 Å². The summed E-state index contributed by atoms with van der Waals surface area (Å²) in [5, 5.41) is 3.61. The highest BCUT2D eigenvalue weighted by Crippen LogP contribution is 2.22. The molecule has 0 aliphatic carbocycles. The van der Waals surface area contributed by atoms with E-state index in [1.165, 1.54) is 11.8 Å². The summed E-state index contributed by atoms with van der Waals surface area (Å²) in [6.07, 6.45) is 1.94. The number of benzene rings is 2. The summed E-state index contributed by atoms with van der Waals surface area (Å²) >= 11 is 7.37. The van der Waals surface area contributed by atoms with Gasteiger partial charge < -0.3 is 10.2 Å². The first kappa shape index (κ1) is 23.3. The van der Waals surface area contributed by atoms with Crippen molar-refractivity contribution in [2.75, 3.05) is 12.3 Å². The van der Waals surface area contributed by atoms with E-state index in [-0.39, 0.29) is 17.6 Å². The first-order chi connectivity index (χ1) is 13.9. The zero-order chi connectivity index (χ0) is 21.2. The summed E-state index contributed by atoms with van der Waals surface area (Å²) in [5.41, 5.74) is 2.17. The van der Waals surface area contributed by atoms with Gasteiger partial charge in [0.05, 0.1) is 5.75 Å². The predicted octanol–water partition coefficient (Wildman–Crippen LogP) is 5.07. The minimum atomic E-state index is -0.536. The van der Waals surface area contributed by atoms with Crippen LogP contribution in [-0.4, -0.2) is 35.1 Å². The Hall–Kier alpha value is -1.98. The minimum absolute atomic E-state index is 0.0660. The molecule has 0 bridgehead atoms. The monoisotopic (exact) mass is 432 g/mol. The molecule has 0 aliphatic heterocycles. The van der Waals surface area contributed by atoms with Crippen LogP contribution in [0.15, 0.2) is 53.4 Å². The number of thioether (sulfide) groups is 1. The molecule has 0 aliphatic rings. The Morgan fingerprint density at radius 1 is 1.10 bits per heavy atom. The molecule has 0 saturated heterocycles. The van der Waals surface area contributed by atoms with Crippen LogP contribution >= 0.6 is 23.4 Å². The minimum Gasteiger partial charge on any atom is -0.354 e. The average molecular weight is 433 g/mol. The Kier molecular flexibility index (Phi) is 9.55. The molecule has 0 fully saturated rings. The summed E-state index contributed by atoms with van der Waals surface area (Å²) in [6.45, 7) is 6.94. The molecule has 6 heteroatoms. The third kappa shape index (κ3) is 7.75. The highest BCUT2D eigenvalue weighted by Gasteiger charge is 2.25. The van der Waals surface area contributed by atoms with E-state index in [1.54, 1.807) is 11.8 Å². The molecule has 0 radical (unpaired) electrons. The van der Waals surface area contributed by atoms with Gasteiger partial charge in [-0.15, -0.1) is 11.8 Å². The highest BCUT2D eigenvalue weighted by molar-refractivity contribution is 8.00. The molecule has 2 aromatic carbocycles. The van der Waals surface area contributed by atoms with E-state index >= 15 is 0 Å². The number of unbranched alkanes of at least 4 members (excludes halogenated alkanes) is 1. The number of nitrogens with one attached hydrogen (secondary N) is 1. The standard InChI is InChI=1S/C23H29ClN2O2S/c1-4-5-14-25-23(28)18(3)26(15-19-8-6-17(2)7-9-19)22(27)16-29-21-12-10-20(24)11-13-21/h6-13,18H,4-5,14-16H2,1-3H3,(H,25,28)/t18-/m0/s1. The molecular formula is C23H29ClN2O2S. The number of nitrogens with zero attached hydrogens (tertiary/aromatic N) is 1. The van der Waals surface area contributed by atoms with Crippen molar-refractivity contribution in [2.24, 2.45) is 0 Å². The van der Waals surface area contributed by atoms with Gasteiger partial charge in [0.1, 0.15) is 6.04 Å². The van der Waals surface area contributed by atoms with Crippen LogP contribution in [0, 0.1) is 6.92 Å². The van der Waals surface area contributed by atoms with Crippen LogP contribution in [0.1, 0.15) is 37.8 Å². The fraction of sp³-hybridized carbons (Fsp3) is 0.391. The van der Waals surface area contributed by atoms with E-state index in [0.717, 1.165) is 28.9 Å². The van der Waals surface area contributed by atoms with Crippen LogP contribution in [0.3, 0.4) is 0 Å². The number of aryl methyl sites for hydroxylation is 1. The predicted molar refractivity (Wildman–Crippen MR) is 121 cm³/mol. The lowest BCUT2D eigenvalue weighted by Gasteiger charge is -2.29. The Balaban J connectivity index is 2.08. The van der Waals surface area contributed by atoms with Gasteiger partial charge in [0.15, 0.2) is 0 Å². The fourth-order valence-electron chi connectivity index (χ4n) is 2.77. The van der Waals surface area contributed by atoms with Crippen LogP contribution in [0.2, 0.25) is 5.02 Å². The van der Waals surface area contributed by atoms with Gasteiger partial charge in [0.25, 0.3) is 0 Å². The first-order valence-corrected chi connectivity index (χ1v) is 11.3. The molecule has 0 spiro atoms. The third-order valence-corrected chi connectivity index (χ3v) is 5.90. The average Bonchev–Trinajstić information content (AvgIpc) is 2.72. The van der Waals surface area contributed by atoms with Gasteiger partial charge in [-0.2, -0.15) is 0 Å². The first-order valence-electron chi connectivity index (χ1n) is 9.91. The molecule has 0 unspecified atom stereocenters. The number of halogens is 1. The van der Waals surface area contributed by atoms with Crippen molar-refractivity contribution in [2.45, 2.75) is 51.1 Å². The van der Waals surface area contributed by atoms with E-state index < -0.39 is 6.04 Å². The Labute approximate surface area is 183 Å². The molecule has 1 N–H and O–H groups in total. The summed E-state index contributed by atoms with van der Waals surface area (Å²) in [7, 11) is 0. The molecule has 4 nitrogen and oxygen atoms in total. The van der Waals surface area contributed by atoms with Crippen molar-refractivity contribution >= 4 is 35.2 Å². The van der Waals surface area contributed by atoms with Crippen LogP contribution in [0.4, 0.5) is 0 Å². The second kappa shape index (κ2) is 11.9. The molecule has 29 heavy (non-hydrogen) atoms. The molecule has 2 rings (SSSR count). The van der Waals surface area contributed by atoms with Crippen molar-refractivity contribution in [3.8, 4) is 0 Å². The van der Waals surface area contributed by atoms with E-state index in [0.29, 0.717) is 18.1 Å². The largest absolute Gasteiger partial charge is 0.354 e. The van der Waals surface area contributed by atoms with Crippen LogP contribution in [0.5, 0.6) is 0 Å². The van der Waals surface area contributed by atoms with Crippen LogP contribution in [0.25, 0.3) is 0 Å². The number of rotatable bonds is 10. The van der Waals surface area contributed by atoms with Crippen LogP contribution < -0.4 is 5.32 Å². The Morgan fingerprint density at radius 2 is 1.76 bits per heavy atom. The number of amides is 2. The maximum atomic E-state index is 13.0. The lowest BCUT2D eigenvalue weighted by atomic mass is 10.1. The van der Waals surface area contributed by atoms with Crippen molar-refractivity contribution < 1.29 is 9.59 Å². The van der Waals surface area contributed by atoms with Gasteiger partial charge in [-0.3, -0.25) is 9.59 Å². The molecule has 2 amide bonds. The quantitative estimate of drug-likeness (QED) is 0.421. The maximum absolute atomic E-state index is 13.0. The number of carbonyl (C=O) groups is 2. The van der Waals surface area contributed by atoms with E-state index in [4.69, 9.17) is 11.6 Å². The third-order valence-electron chi connectivity index (χ3n) is 4.65. The number of hydrogen-bond donors (Lipinski definition) is 1. The Bertz CT molecular complexity index is 794. The van der Waals surface area contributed by atoms with Gasteiger partial charge in [0.2, 0.25) is 11.8 Å². The molecule has 2 aromatic rings.